The lowest BCUT2D eigenvalue weighted by molar-refractivity contribution is -0.171. The normalized spacial score (nSPS) is 11.4. The van der Waals surface area contributed by atoms with E-state index in [4.69, 9.17) is 4.74 Å². The highest BCUT2D eigenvalue weighted by atomic mass is 19.4. The monoisotopic (exact) mass is 214 g/mol. The minimum absolute atomic E-state index is 0.0122. The minimum Gasteiger partial charge on any atom is -0.465 e. The van der Waals surface area contributed by atoms with Crippen molar-refractivity contribution >= 4 is 5.97 Å². The summed E-state index contributed by atoms with van der Waals surface area (Å²) in [5.41, 5.74) is 0. The maximum absolute atomic E-state index is 11.6. The van der Waals surface area contributed by atoms with Crippen molar-refractivity contribution in [2.45, 2.75) is 25.4 Å². The smallest absolute Gasteiger partial charge is 0.399 e. The topological polar surface area (TPSA) is 35.5 Å². The first-order valence-electron chi connectivity index (χ1n) is 4.17. The van der Waals surface area contributed by atoms with E-state index in [9.17, 15) is 18.0 Å². The number of alkyl halides is 3. The Morgan fingerprint density at radius 1 is 1.21 bits per heavy atom. The molecule has 0 radical (unpaired) electrons. The van der Waals surface area contributed by atoms with Crippen molar-refractivity contribution in [3.63, 3.8) is 0 Å². The van der Waals surface area contributed by atoms with Crippen LogP contribution < -0.4 is 0 Å². The van der Waals surface area contributed by atoms with E-state index in [0.717, 1.165) is 0 Å². The van der Waals surface area contributed by atoms with E-state index >= 15 is 0 Å². The maximum Gasteiger partial charge on any atom is 0.399 e. The van der Waals surface area contributed by atoms with E-state index in [1.165, 1.54) is 7.11 Å². The number of unbranched alkanes of at least 4 members (excludes halogenated alkanes) is 1. The number of carbonyl (C=O) groups is 1. The number of carbonyl (C=O) groups excluding carboxylic acids is 1. The SMILES string of the molecule is COCCCCOC(=O)CC(F)(F)F. The van der Waals surface area contributed by atoms with Gasteiger partial charge in [-0.25, -0.2) is 0 Å². The molecule has 0 saturated heterocycles. The molecular weight excluding hydrogens is 201 g/mol. The summed E-state index contributed by atoms with van der Waals surface area (Å²) in [6.07, 6.45) is -4.83. The fourth-order valence-corrected chi connectivity index (χ4v) is 0.749. The Labute approximate surface area is 80.2 Å². The van der Waals surface area contributed by atoms with Crippen LogP contribution in [0.5, 0.6) is 0 Å². The van der Waals surface area contributed by atoms with Gasteiger partial charge in [-0.05, 0) is 12.8 Å². The molecule has 0 bridgehead atoms. The molecule has 3 nitrogen and oxygen atoms in total. The van der Waals surface area contributed by atoms with Gasteiger partial charge in [0.2, 0.25) is 0 Å². The van der Waals surface area contributed by atoms with E-state index in [-0.39, 0.29) is 6.61 Å². The molecule has 0 rings (SSSR count). The standard InChI is InChI=1S/C8H13F3O3/c1-13-4-2-3-5-14-7(12)6-8(9,10)11/h2-6H2,1H3. The zero-order valence-electron chi connectivity index (χ0n) is 7.89. The van der Waals surface area contributed by atoms with Crippen LogP contribution in [0.1, 0.15) is 19.3 Å². The van der Waals surface area contributed by atoms with Crippen molar-refractivity contribution in [2.24, 2.45) is 0 Å². The van der Waals surface area contributed by atoms with Crippen molar-refractivity contribution in [2.75, 3.05) is 20.3 Å². The van der Waals surface area contributed by atoms with Gasteiger partial charge in [0.05, 0.1) is 6.61 Å². The predicted molar refractivity (Wildman–Crippen MR) is 42.7 cm³/mol. The molecule has 0 saturated carbocycles. The van der Waals surface area contributed by atoms with Crippen LogP contribution in [0.3, 0.4) is 0 Å². The Bertz CT molecular complexity index is 168. The molecule has 0 aromatic heterocycles. The molecule has 0 aliphatic heterocycles. The van der Waals surface area contributed by atoms with E-state index in [2.05, 4.69) is 4.74 Å². The first-order chi connectivity index (χ1) is 6.45. The van der Waals surface area contributed by atoms with Crippen LogP contribution in [0.15, 0.2) is 0 Å². The Hall–Kier alpha value is -0.780. The average molecular weight is 214 g/mol. The molecule has 0 amide bonds. The Kier molecular flexibility index (Phi) is 6.27. The molecule has 0 heterocycles. The summed E-state index contributed by atoms with van der Waals surface area (Å²) in [6, 6.07) is 0. The van der Waals surface area contributed by atoms with Gasteiger partial charge in [-0.1, -0.05) is 0 Å². The highest BCUT2D eigenvalue weighted by Crippen LogP contribution is 2.19. The van der Waals surface area contributed by atoms with Gasteiger partial charge in [-0.3, -0.25) is 4.79 Å². The van der Waals surface area contributed by atoms with Crippen molar-refractivity contribution in [1.82, 2.24) is 0 Å². The summed E-state index contributed by atoms with van der Waals surface area (Å²) < 4.78 is 43.9. The van der Waals surface area contributed by atoms with Crippen LogP contribution >= 0.6 is 0 Å². The zero-order chi connectivity index (χ0) is 11.0. The number of hydrogen-bond acceptors (Lipinski definition) is 3. The number of halogens is 3. The van der Waals surface area contributed by atoms with Crippen LogP contribution in [0.25, 0.3) is 0 Å². The van der Waals surface area contributed by atoms with Crippen molar-refractivity contribution in [3.05, 3.63) is 0 Å². The van der Waals surface area contributed by atoms with E-state index in [1.54, 1.807) is 0 Å². The maximum atomic E-state index is 11.6. The highest BCUT2D eigenvalue weighted by Gasteiger charge is 2.31. The van der Waals surface area contributed by atoms with Crippen LogP contribution in [-0.2, 0) is 14.3 Å². The summed E-state index contributed by atoms with van der Waals surface area (Å²) in [7, 11) is 1.52. The Morgan fingerprint density at radius 3 is 2.29 bits per heavy atom. The molecule has 0 unspecified atom stereocenters. The van der Waals surface area contributed by atoms with Crippen LogP contribution in [0, 0.1) is 0 Å². The Morgan fingerprint density at radius 2 is 1.79 bits per heavy atom. The van der Waals surface area contributed by atoms with Gasteiger partial charge < -0.3 is 9.47 Å². The fourth-order valence-electron chi connectivity index (χ4n) is 0.749. The van der Waals surface area contributed by atoms with Crippen LogP contribution in [-0.4, -0.2) is 32.5 Å². The molecule has 0 aliphatic carbocycles. The van der Waals surface area contributed by atoms with Gasteiger partial charge in [0.15, 0.2) is 0 Å². The molecule has 0 fully saturated rings. The van der Waals surface area contributed by atoms with Crippen molar-refractivity contribution < 1.29 is 27.4 Å². The molecule has 84 valence electrons. The van der Waals surface area contributed by atoms with Crippen molar-refractivity contribution in [1.29, 1.82) is 0 Å². The van der Waals surface area contributed by atoms with Gasteiger partial charge in [-0.2, -0.15) is 13.2 Å². The second-order valence-corrected chi connectivity index (χ2v) is 2.71. The number of esters is 1. The molecule has 0 aliphatic rings. The lowest BCUT2D eigenvalue weighted by Gasteiger charge is -2.06. The van der Waals surface area contributed by atoms with Gasteiger partial charge in [-0.15, -0.1) is 0 Å². The average Bonchev–Trinajstić information content (AvgIpc) is 2.00. The molecule has 14 heavy (non-hydrogen) atoms. The molecule has 0 aromatic rings. The molecule has 0 N–H and O–H groups in total. The summed E-state index contributed by atoms with van der Waals surface area (Å²) in [5, 5.41) is 0. The molecule has 0 spiro atoms. The van der Waals surface area contributed by atoms with E-state index in [0.29, 0.717) is 19.4 Å². The zero-order valence-corrected chi connectivity index (χ0v) is 7.89. The third kappa shape index (κ3) is 9.31. The Balaban J connectivity index is 3.36. The van der Waals surface area contributed by atoms with Crippen LogP contribution in [0.2, 0.25) is 0 Å². The van der Waals surface area contributed by atoms with Crippen molar-refractivity contribution in [3.8, 4) is 0 Å². The number of ether oxygens (including phenoxy) is 2. The number of rotatable bonds is 6. The van der Waals surface area contributed by atoms with Gasteiger partial charge in [0, 0.05) is 13.7 Å². The third-order valence-corrected chi connectivity index (χ3v) is 1.35. The quantitative estimate of drug-likeness (QED) is 0.500. The summed E-state index contributed by atoms with van der Waals surface area (Å²) in [4.78, 5) is 10.5. The number of methoxy groups -OCH3 is 1. The molecule has 0 aromatic carbocycles. The third-order valence-electron chi connectivity index (χ3n) is 1.35. The van der Waals surface area contributed by atoms with E-state index < -0.39 is 18.6 Å². The minimum atomic E-state index is -4.48. The summed E-state index contributed by atoms with van der Waals surface area (Å²) in [6.45, 7) is 0.523. The second kappa shape index (κ2) is 6.64. The first-order valence-corrected chi connectivity index (χ1v) is 4.17. The summed E-state index contributed by atoms with van der Waals surface area (Å²) in [5.74, 6) is -1.23. The molecular formula is C8H13F3O3. The lowest BCUT2D eigenvalue weighted by atomic mass is 10.3. The van der Waals surface area contributed by atoms with E-state index in [1.807, 2.05) is 0 Å². The largest absolute Gasteiger partial charge is 0.465 e. The summed E-state index contributed by atoms with van der Waals surface area (Å²) >= 11 is 0. The first kappa shape index (κ1) is 13.2. The second-order valence-electron chi connectivity index (χ2n) is 2.71. The van der Waals surface area contributed by atoms with Gasteiger partial charge >= 0.3 is 12.1 Å². The number of hydrogen-bond donors (Lipinski definition) is 0. The molecule has 6 heteroatoms. The predicted octanol–water partition coefficient (Wildman–Crippen LogP) is 1.91. The fraction of sp³-hybridized carbons (Fsp3) is 0.875. The van der Waals surface area contributed by atoms with Gasteiger partial charge in [0.25, 0.3) is 0 Å². The lowest BCUT2D eigenvalue weighted by Crippen LogP contribution is -2.17. The van der Waals surface area contributed by atoms with Gasteiger partial charge in [0.1, 0.15) is 6.42 Å². The highest BCUT2D eigenvalue weighted by molar-refractivity contribution is 5.70. The van der Waals surface area contributed by atoms with Crippen LogP contribution in [0.4, 0.5) is 13.2 Å². The molecule has 0 atom stereocenters.